The lowest BCUT2D eigenvalue weighted by Gasteiger charge is -2.26. The van der Waals surface area contributed by atoms with Gasteiger partial charge in [-0.1, -0.05) is 57.8 Å². The van der Waals surface area contributed by atoms with Gasteiger partial charge < -0.3 is 9.84 Å². The number of carboxylic acids is 1. The molecule has 0 amide bonds. The SMILES string of the molecule is O=C(O)CCCCCCCCCCCCCNS(=O)(=O)CCN1CCOCC1. The normalized spacial score (nSPS) is 15.7. The highest BCUT2D eigenvalue weighted by Crippen LogP contribution is 2.12. The molecule has 166 valence electrons. The van der Waals surface area contributed by atoms with E-state index in [4.69, 9.17) is 9.84 Å². The first-order valence-corrected chi connectivity index (χ1v) is 12.6. The Morgan fingerprint density at radius 2 is 1.36 bits per heavy atom. The summed E-state index contributed by atoms with van der Waals surface area (Å²) in [7, 11) is -3.17. The van der Waals surface area contributed by atoms with Gasteiger partial charge in [0.1, 0.15) is 0 Å². The highest BCUT2D eigenvalue weighted by Gasteiger charge is 2.15. The maximum absolute atomic E-state index is 12.0. The van der Waals surface area contributed by atoms with Crippen LogP contribution in [0.4, 0.5) is 0 Å². The topological polar surface area (TPSA) is 95.9 Å². The summed E-state index contributed by atoms with van der Waals surface area (Å²) < 4.78 is 32.0. The first kappa shape index (κ1) is 25.3. The van der Waals surface area contributed by atoms with Crippen molar-refractivity contribution in [3.05, 3.63) is 0 Å². The number of rotatable bonds is 18. The van der Waals surface area contributed by atoms with Crippen LogP contribution in [-0.4, -0.2) is 69.5 Å². The van der Waals surface area contributed by atoms with E-state index in [-0.39, 0.29) is 5.75 Å². The zero-order chi connectivity index (χ0) is 20.5. The van der Waals surface area contributed by atoms with Gasteiger partial charge in [0.05, 0.1) is 19.0 Å². The lowest BCUT2D eigenvalue weighted by Crippen LogP contribution is -2.41. The second-order valence-corrected chi connectivity index (χ2v) is 9.63. The fourth-order valence-corrected chi connectivity index (χ4v) is 4.46. The number of nitrogens with one attached hydrogen (secondary N) is 1. The van der Waals surface area contributed by atoms with Crippen molar-refractivity contribution in [2.75, 3.05) is 45.1 Å². The Hall–Kier alpha value is -0.700. The molecule has 0 atom stereocenters. The number of hydrogen-bond donors (Lipinski definition) is 2. The Bertz CT molecular complexity index is 493. The van der Waals surface area contributed by atoms with Gasteiger partial charge in [-0.3, -0.25) is 9.69 Å². The zero-order valence-corrected chi connectivity index (χ0v) is 18.2. The molecule has 0 unspecified atom stereocenters. The molecule has 0 aromatic rings. The number of aliphatic carboxylic acids is 1. The summed E-state index contributed by atoms with van der Waals surface area (Å²) in [5.41, 5.74) is 0. The third kappa shape index (κ3) is 15.2. The standard InChI is InChI=1S/C20H40N2O5S/c23-20(24)12-10-8-6-4-2-1-3-5-7-9-11-13-21-28(25,26)19-16-22-14-17-27-18-15-22/h21H,1-19H2,(H,23,24). The maximum atomic E-state index is 12.0. The van der Waals surface area contributed by atoms with Gasteiger partial charge >= 0.3 is 5.97 Å². The molecule has 0 aromatic heterocycles. The largest absolute Gasteiger partial charge is 0.481 e. The fraction of sp³-hybridized carbons (Fsp3) is 0.950. The maximum Gasteiger partial charge on any atom is 0.303 e. The van der Waals surface area contributed by atoms with Crippen LogP contribution in [0.15, 0.2) is 0 Å². The zero-order valence-electron chi connectivity index (χ0n) is 17.4. The molecule has 0 aromatic carbocycles. The second-order valence-electron chi connectivity index (χ2n) is 7.70. The smallest absolute Gasteiger partial charge is 0.303 e. The van der Waals surface area contributed by atoms with Crippen LogP contribution in [0.3, 0.4) is 0 Å². The third-order valence-corrected chi connectivity index (χ3v) is 6.53. The number of unbranched alkanes of at least 4 members (excludes halogenated alkanes) is 10. The summed E-state index contributed by atoms with van der Waals surface area (Å²) in [6.07, 6.45) is 12.5. The summed E-state index contributed by atoms with van der Waals surface area (Å²) in [5.74, 6) is -0.524. The number of carbonyl (C=O) groups is 1. The van der Waals surface area contributed by atoms with E-state index < -0.39 is 16.0 Å². The molecule has 0 bridgehead atoms. The van der Waals surface area contributed by atoms with Crippen LogP contribution in [0, 0.1) is 0 Å². The number of ether oxygens (including phenoxy) is 1. The number of sulfonamides is 1. The second kappa shape index (κ2) is 16.1. The lowest BCUT2D eigenvalue weighted by molar-refractivity contribution is -0.137. The van der Waals surface area contributed by atoms with Crippen LogP contribution in [-0.2, 0) is 19.6 Å². The Morgan fingerprint density at radius 3 is 1.89 bits per heavy atom. The molecule has 2 N–H and O–H groups in total. The molecule has 1 fully saturated rings. The predicted octanol–water partition coefficient (Wildman–Crippen LogP) is 3.00. The summed E-state index contributed by atoms with van der Waals surface area (Å²) in [6, 6.07) is 0. The van der Waals surface area contributed by atoms with Crippen molar-refractivity contribution in [3.8, 4) is 0 Å². The molecule has 1 rings (SSSR count). The van der Waals surface area contributed by atoms with Crippen molar-refractivity contribution in [2.45, 2.75) is 77.0 Å². The van der Waals surface area contributed by atoms with Crippen molar-refractivity contribution >= 4 is 16.0 Å². The van der Waals surface area contributed by atoms with E-state index in [1.165, 1.54) is 32.1 Å². The van der Waals surface area contributed by atoms with Crippen LogP contribution in [0.25, 0.3) is 0 Å². The number of hydrogen-bond acceptors (Lipinski definition) is 5. The van der Waals surface area contributed by atoms with Crippen molar-refractivity contribution in [3.63, 3.8) is 0 Å². The molecule has 1 heterocycles. The van der Waals surface area contributed by atoms with Crippen molar-refractivity contribution in [2.24, 2.45) is 0 Å². The van der Waals surface area contributed by atoms with E-state index in [0.29, 0.717) is 32.7 Å². The van der Waals surface area contributed by atoms with Gasteiger partial charge in [0.25, 0.3) is 0 Å². The van der Waals surface area contributed by atoms with E-state index in [2.05, 4.69) is 9.62 Å². The van der Waals surface area contributed by atoms with Gasteiger partial charge in [-0.05, 0) is 12.8 Å². The first-order chi connectivity index (χ1) is 13.5. The molecular weight excluding hydrogens is 380 g/mol. The van der Waals surface area contributed by atoms with E-state index in [0.717, 1.165) is 51.6 Å². The van der Waals surface area contributed by atoms with E-state index in [1.54, 1.807) is 0 Å². The van der Waals surface area contributed by atoms with Crippen molar-refractivity contribution < 1.29 is 23.1 Å². The van der Waals surface area contributed by atoms with Gasteiger partial charge in [-0.15, -0.1) is 0 Å². The Labute approximate surface area is 171 Å². The molecule has 0 aliphatic carbocycles. The minimum atomic E-state index is -3.17. The highest BCUT2D eigenvalue weighted by molar-refractivity contribution is 7.89. The average Bonchev–Trinajstić information content (AvgIpc) is 2.67. The summed E-state index contributed by atoms with van der Waals surface area (Å²) in [6.45, 7) is 4.15. The van der Waals surface area contributed by atoms with Crippen LogP contribution < -0.4 is 4.72 Å². The first-order valence-electron chi connectivity index (χ1n) is 11.0. The van der Waals surface area contributed by atoms with E-state index >= 15 is 0 Å². The van der Waals surface area contributed by atoms with Gasteiger partial charge in [-0.2, -0.15) is 0 Å². The number of nitrogens with zero attached hydrogens (tertiary/aromatic N) is 1. The Balaban J connectivity index is 1.83. The molecule has 1 saturated heterocycles. The molecule has 8 heteroatoms. The van der Waals surface area contributed by atoms with E-state index in [9.17, 15) is 13.2 Å². The van der Waals surface area contributed by atoms with Gasteiger partial charge in [0.15, 0.2) is 0 Å². The molecule has 0 saturated carbocycles. The van der Waals surface area contributed by atoms with Crippen LogP contribution >= 0.6 is 0 Å². The number of morpholine rings is 1. The molecule has 0 radical (unpaired) electrons. The van der Waals surface area contributed by atoms with Crippen LogP contribution in [0.2, 0.25) is 0 Å². The lowest BCUT2D eigenvalue weighted by atomic mass is 10.1. The fourth-order valence-electron chi connectivity index (χ4n) is 3.37. The minimum Gasteiger partial charge on any atom is -0.481 e. The van der Waals surface area contributed by atoms with Gasteiger partial charge in [0.2, 0.25) is 10.0 Å². The highest BCUT2D eigenvalue weighted by atomic mass is 32.2. The summed E-state index contributed by atoms with van der Waals surface area (Å²) in [5, 5.41) is 8.56. The average molecular weight is 421 g/mol. The summed E-state index contributed by atoms with van der Waals surface area (Å²) in [4.78, 5) is 12.5. The van der Waals surface area contributed by atoms with Gasteiger partial charge in [-0.25, -0.2) is 13.1 Å². The van der Waals surface area contributed by atoms with Crippen molar-refractivity contribution in [1.82, 2.24) is 9.62 Å². The molecule has 0 spiro atoms. The summed E-state index contributed by atoms with van der Waals surface area (Å²) >= 11 is 0. The molecule has 1 aliphatic rings. The Kier molecular flexibility index (Phi) is 14.6. The Morgan fingerprint density at radius 1 is 0.857 bits per heavy atom. The monoisotopic (exact) mass is 420 g/mol. The number of carboxylic acid groups (broad SMARTS) is 1. The molecular formula is C20H40N2O5S. The minimum absolute atomic E-state index is 0.170. The quantitative estimate of drug-likeness (QED) is 0.331. The molecule has 28 heavy (non-hydrogen) atoms. The van der Waals surface area contributed by atoms with Crippen LogP contribution in [0.1, 0.15) is 77.0 Å². The van der Waals surface area contributed by atoms with Crippen molar-refractivity contribution in [1.29, 1.82) is 0 Å². The predicted molar refractivity (Wildman–Crippen MR) is 112 cm³/mol. The molecule has 1 aliphatic heterocycles. The third-order valence-electron chi connectivity index (χ3n) is 5.17. The van der Waals surface area contributed by atoms with Gasteiger partial charge in [0, 0.05) is 32.6 Å². The van der Waals surface area contributed by atoms with Crippen LogP contribution in [0.5, 0.6) is 0 Å². The van der Waals surface area contributed by atoms with E-state index in [1.807, 2.05) is 0 Å². The molecule has 7 nitrogen and oxygen atoms in total.